The number of alkyl halides is 3. The highest BCUT2D eigenvalue weighted by Gasteiger charge is 2.34. The van der Waals surface area contributed by atoms with E-state index in [1.165, 1.54) is 12.1 Å². The van der Waals surface area contributed by atoms with E-state index in [4.69, 9.17) is 10.5 Å². The lowest BCUT2D eigenvalue weighted by molar-refractivity contribution is -0.141. The number of pyridine rings is 1. The summed E-state index contributed by atoms with van der Waals surface area (Å²) in [5, 5.41) is 8.51. The maximum atomic E-state index is 13.2. The first-order chi connectivity index (χ1) is 17.1. The molecular weight excluding hydrogens is 473 g/mol. The molecule has 1 fully saturated rings. The van der Waals surface area contributed by atoms with E-state index in [9.17, 15) is 13.2 Å². The lowest BCUT2D eigenvalue weighted by atomic mass is 10.00. The van der Waals surface area contributed by atoms with Gasteiger partial charge in [0.05, 0.1) is 22.9 Å². The van der Waals surface area contributed by atoms with Gasteiger partial charge in [-0.2, -0.15) is 33.2 Å². The Balaban J connectivity index is 1.47. The number of nitrogens with one attached hydrogen (secondary N) is 1. The molecule has 1 saturated heterocycles. The van der Waals surface area contributed by atoms with Crippen molar-refractivity contribution in [3.63, 3.8) is 0 Å². The fourth-order valence-electron chi connectivity index (χ4n) is 4.18. The van der Waals surface area contributed by atoms with Crippen LogP contribution in [0.3, 0.4) is 0 Å². The van der Waals surface area contributed by atoms with Crippen molar-refractivity contribution in [3.05, 3.63) is 54.0 Å². The SMILES string of the molecule is CC(C)(Nc1nc(N)nc(-c2ccc3cnn(C4CCCCO4)c3c2)n1)c1cccc(C(F)(F)F)n1. The van der Waals surface area contributed by atoms with E-state index < -0.39 is 17.4 Å². The number of halogens is 3. The molecule has 3 N–H and O–H groups in total. The van der Waals surface area contributed by atoms with Crippen molar-refractivity contribution in [2.75, 3.05) is 17.7 Å². The van der Waals surface area contributed by atoms with E-state index in [1.54, 1.807) is 20.0 Å². The number of ether oxygens (including phenoxy) is 1. The summed E-state index contributed by atoms with van der Waals surface area (Å²) in [6.07, 6.45) is 0.0927. The Bertz CT molecular complexity index is 1400. The number of nitrogen functional groups attached to an aromatic ring is 1. The number of hydrogen-bond acceptors (Lipinski definition) is 8. The molecule has 0 bridgehead atoms. The van der Waals surface area contributed by atoms with Crippen molar-refractivity contribution in [3.8, 4) is 11.4 Å². The van der Waals surface area contributed by atoms with Crippen LogP contribution in [0.5, 0.6) is 0 Å². The van der Waals surface area contributed by atoms with Crippen LogP contribution in [0.1, 0.15) is 50.7 Å². The maximum Gasteiger partial charge on any atom is 0.433 e. The van der Waals surface area contributed by atoms with E-state index in [0.29, 0.717) is 18.0 Å². The Morgan fingerprint density at radius 3 is 2.58 bits per heavy atom. The third kappa shape index (κ3) is 4.81. The van der Waals surface area contributed by atoms with E-state index in [2.05, 4.69) is 30.4 Å². The molecule has 0 radical (unpaired) electrons. The van der Waals surface area contributed by atoms with Gasteiger partial charge in [-0.1, -0.05) is 18.2 Å². The van der Waals surface area contributed by atoms with Gasteiger partial charge in [-0.05, 0) is 51.3 Å². The first-order valence-corrected chi connectivity index (χ1v) is 11.5. The van der Waals surface area contributed by atoms with Gasteiger partial charge in [-0.15, -0.1) is 0 Å². The van der Waals surface area contributed by atoms with Gasteiger partial charge in [0.15, 0.2) is 12.1 Å². The van der Waals surface area contributed by atoms with Crippen LogP contribution in [0.25, 0.3) is 22.3 Å². The molecule has 0 aliphatic carbocycles. The second-order valence-electron chi connectivity index (χ2n) is 9.18. The van der Waals surface area contributed by atoms with Crippen molar-refractivity contribution in [1.29, 1.82) is 0 Å². The molecule has 0 amide bonds. The van der Waals surface area contributed by atoms with Crippen molar-refractivity contribution < 1.29 is 17.9 Å². The third-order valence-electron chi connectivity index (χ3n) is 6.04. The number of hydrogen-bond donors (Lipinski definition) is 2. The monoisotopic (exact) mass is 498 g/mol. The van der Waals surface area contributed by atoms with E-state index in [-0.39, 0.29) is 23.8 Å². The van der Waals surface area contributed by atoms with Crippen LogP contribution in [-0.4, -0.2) is 36.3 Å². The van der Waals surface area contributed by atoms with Crippen molar-refractivity contribution in [2.45, 2.75) is 51.1 Å². The fraction of sp³-hybridized carbons (Fsp3) is 0.375. The lowest BCUT2D eigenvalue weighted by Gasteiger charge is -2.26. The van der Waals surface area contributed by atoms with Gasteiger partial charge in [-0.3, -0.25) is 0 Å². The average molecular weight is 499 g/mol. The summed E-state index contributed by atoms with van der Waals surface area (Å²) in [7, 11) is 0. The molecule has 9 nitrogen and oxygen atoms in total. The predicted octanol–water partition coefficient (Wildman–Crippen LogP) is 4.93. The number of fused-ring (bicyclic) bond motifs is 1. The van der Waals surface area contributed by atoms with Gasteiger partial charge in [0.1, 0.15) is 5.69 Å². The molecule has 0 saturated carbocycles. The second kappa shape index (κ2) is 9.01. The lowest BCUT2D eigenvalue weighted by Crippen LogP contribution is -2.31. The van der Waals surface area contributed by atoms with E-state index in [1.807, 2.05) is 22.9 Å². The van der Waals surface area contributed by atoms with Gasteiger partial charge in [-0.25, -0.2) is 9.67 Å². The Morgan fingerprint density at radius 1 is 1.03 bits per heavy atom. The summed E-state index contributed by atoms with van der Waals surface area (Å²) in [5.74, 6) is 0.405. The zero-order chi connectivity index (χ0) is 25.5. The largest absolute Gasteiger partial charge is 0.433 e. The topological polar surface area (TPSA) is 117 Å². The summed E-state index contributed by atoms with van der Waals surface area (Å²) in [6.45, 7) is 4.06. The van der Waals surface area contributed by atoms with Gasteiger partial charge in [0, 0.05) is 17.6 Å². The van der Waals surface area contributed by atoms with Gasteiger partial charge >= 0.3 is 6.18 Å². The van der Waals surface area contributed by atoms with Crippen molar-refractivity contribution in [2.24, 2.45) is 0 Å². The molecule has 188 valence electrons. The maximum absolute atomic E-state index is 13.2. The zero-order valence-corrected chi connectivity index (χ0v) is 19.8. The van der Waals surface area contributed by atoms with Crippen LogP contribution in [0.4, 0.5) is 25.1 Å². The number of rotatable bonds is 5. The second-order valence-corrected chi connectivity index (χ2v) is 9.18. The average Bonchev–Trinajstić information content (AvgIpc) is 3.27. The van der Waals surface area contributed by atoms with Gasteiger partial charge in [0.2, 0.25) is 11.9 Å². The molecule has 12 heteroatoms. The summed E-state index contributed by atoms with van der Waals surface area (Å²) >= 11 is 0. The third-order valence-corrected chi connectivity index (χ3v) is 6.04. The molecule has 1 aromatic carbocycles. The minimum Gasteiger partial charge on any atom is -0.368 e. The quantitative estimate of drug-likeness (QED) is 0.398. The molecule has 4 heterocycles. The van der Waals surface area contributed by atoms with Crippen LogP contribution in [0.15, 0.2) is 42.6 Å². The Hall–Kier alpha value is -3.80. The molecule has 36 heavy (non-hydrogen) atoms. The summed E-state index contributed by atoms with van der Waals surface area (Å²) in [4.78, 5) is 16.7. The number of nitrogens with zero attached hydrogens (tertiary/aromatic N) is 6. The van der Waals surface area contributed by atoms with Crippen LogP contribution >= 0.6 is 0 Å². The summed E-state index contributed by atoms with van der Waals surface area (Å²) < 4.78 is 47.3. The minimum atomic E-state index is -4.55. The summed E-state index contributed by atoms with van der Waals surface area (Å²) in [6, 6.07) is 9.44. The first kappa shape index (κ1) is 23.9. The highest BCUT2D eigenvalue weighted by Crippen LogP contribution is 2.32. The smallest absolute Gasteiger partial charge is 0.368 e. The number of anilines is 2. The van der Waals surface area contributed by atoms with Gasteiger partial charge < -0.3 is 15.8 Å². The van der Waals surface area contributed by atoms with E-state index in [0.717, 1.165) is 36.2 Å². The Morgan fingerprint density at radius 2 is 1.83 bits per heavy atom. The molecule has 5 rings (SSSR count). The van der Waals surface area contributed by atoms with Crippen LogP contribution in [0, 0.1) is 0 Å². The van der Waals surface area contributed by atoms with Crippen LogP contribution < -0.4 is 11.1 Å². The number of nitrogens with two attached hydrogens (primary N) is 1. The van der Waals surface area contributed by atoms with Crippen molar-refractivity contribution >= 4 is 22.8 Å². The first-order valence-electron chi connectivity index (χ1n) is 11.5. The molecule has 1 aliphatic rings. The molecule has 4 aromatic rings. The summed E-state index contributed by atoms with van der Waals surface area (Å²) in [5.41, 5.74) is 5.70. The Labute approximate surface area is 204 Å². The minimum absolute atomic E-state index is 0.0282. The molecule has 0 spiro atoms. The molecular formula is C24H25F3N8O. The number of benzene rings is 1. The van der Waals surface area contributed by atoms with E-state index >= 15 is 0 Å². The number of aromatic nitrogens is 6. The standard InChI is InChI=1S/C24H25F3N8O/c1-23(2,17-6-5-7-18(30-17)24(25,26)27)34-22-32-20(31-21(28)33-22)14-9-10-15-13-29-35(16(15)12-14)19-8-3-4-11-36-19/h5-7,9-10,12-13,19H,3-4,8,11H2,1-2H3,(H3,28,31,32,33,34). The highest BCUT2D eigenvalue weighted by atomic mass is 19.4. The molecule has 3 aromatic heterocycles. The highest BCUT2D eigenvalue weighted by molar-refractivity contribution is 5.83. The zero-order valence-electron chi connectivity index (χ0n) is 19.8. The molecule has 1 atom stereocenters. The Kier molecular flexibility index (Phi) is 5.99. The van der Waals surface area contributed by atoms with Crippen LogP contribution in [-0.2, 0) is 16.5 Å². The fourth-order valence-corrected chi connectivity index (χ4v) is 4.18. The van der Waals surface area contributed by atoms with Crippen LogP contribution in [0.2, 0.25) is 0 Å². The van der Waals surface area contributed by atoms with Gasteiger partial charge in [0.25, 0.3) is 0 Å². The molecule has 1 aliphatic heterocycles. The molecule has 1 unspecified atom stereocenters. The normalized spacial score (nSPS) is 16.9. The van der Waals surface area contributed by atoms with Crippen molar-refractivity contribution in [1.82, 2.24) is 29.7 Å². The predicted molar refractivity (Wildman–Crippen MR) is 128 cm³/mol.